The molecule has 2 unspecified atom stereocenters. The minimum atomic E-state index is -0.586. The molecular formula is C31H29Cl2N7O4. The molecule has 44 heavy (non-hydrogen) atoms. The van der Waals surface area contributed by atoms with Crippen LogP contribution in [-0.2, 0) is 18.3 Å². The highest BCUT2D eigenvalue weighted by Gasteiger charge is 2.24. The second-order valence-electron chi connectivity index (χ2n) is 10.3. The third-order valence-electron chi connectivity index (χ3n) is 7.54. The molecule has 2 atom stereocenters. The molecule has 2 aromatic carbocycles. The van der Waals surface area contributed by atoms with E-state index in [-0.39, 0.29) is 11.6 Å². The van der Waals surface area contributed by atoms with Crippen molar-refractivity contribution in [3.63, 3.8) is 0 Å². The number of benzene rings is 2. The first-order valence-corrected chi connectivity index (χ1v) is 14.7. The lowest BCUT2D eigenvalue weighted by Crippen LogP contribution is -2.46. The largest absolute Gasteiger partial charge is 0.480 e. The summed E-state index contributed by atoms with van der Waals surface area (Å²) in [6, 6.07) is 12.7. The van der Waals surface area contributed by atoms with Crippen molar-refractivity contribution in [3.05, 3.63) is 87.1 Å². The second kappa shape index (κ2) is 12.8. The maximum absolute atomic E-state index is 12.9. The molecule has 13 heteroatoms. The average molecular weight is 635 g/mol. The fourth-order valence-electron chi connectivity index (χ4n) is 5.17. The van der Waals surface area contributed by atoms with E-state index in [9.17, 15) is 9.90 Å². The Bertz CT molecular complexity index is 1900. The third kappa shape index (κ3) is 5.84. The van der Waals surface area contributed by atoms with Crippen molar-refractivity contribution in [2.24, 2.45) is 7.05 Å². The summed E-state index contributed by atoms with van der Waals surface area (Å²) < 4.78 is 12.1. The highest BCUT2D eigenvalue weighted by molar-refractivity contribution is 6.39. The van der Waals surface area contributed by atoms with Gasteiger partial charge in [0.15, 0.2) is 0 Å². The minimum Gasteiger partial charge on any atom is -0.480 e. The summed E-state index contributed by atoms with van der Waals surface area (Å²) in [4.78, 5) is 26.5. The lowest BCUT2D eigenvalue weighted by Gasteiger charge is -2.28. The van der Waals surface area contributed by atoms with Crippen LogP contribution in [0.3, 0.4) is 0 Å². The van der Waals surface area contributed by atoms with Gasteiger partial charge in [0.1, 0.15) is 11.5 Å². The number of rotatable bonds is 8. The number of methoxy groups -OCH3 is 1. The molecule has 0 bridgehead atoms. The molecular weight excluding hydrogens is 605 g/mol. The van der Waals surface area contributed by atoms with Crippen LogP contribution in [0.15, 0.2) is 65.8 Å². The highest BCUT2D eigenvalue weighted by atomic mass is 35.5. The summed E-state index contributed by atoms with van der Waals surface area (Å²) >= 11 is 13.9. The average Bonchev–Trinajstić information content (AvgIpc) is 3.04. The van der Waals surface area contributed by atoms with Crippen LogP contribution in [-0.4, -0.2) is 62.3 Å². The van der Waals surface area contributed by atoms with E-state index >= 15 is 0 Å². The Hall–Kier alpha value is -4.13. The van der Waals surface area contributed by atoms with Gasteiger partial charge < -0.3 is 25.2 Å². The lowest BCUT2D eigenvalue weighted by atomic mass is 10.0. The number of aliphatic hydroxyl groups excluding tert-OH is 1. The molecule has 5 aromatic rings. The standard InChI is InChI=1S/C31H29Cl2N7O4/c1-40-31(42)26-17(13-37-40)9-11-34-29(26)38-22-8-4-6-19(28(22)33)18-5-3-7-20(27(18)32)23-14-36-24(30(39-23)43-2)15-35-21-10-12-44-16-25(21)41/h3-9,11,13-14,21,25,35,41H,10,12,15-16H2,1-2H3,(H,34,38). The van der Waals surface area contributed by atoms with Crippen LogP contribution in [0.2, 0.25) is 10.0 Å². The minimum absolute atomic E-state index is 0.102. The van der Waals surface area contributed by atoms with Gasteiger partial charge in [-0.1, -0.05) is 53.5 Å². The van der Waals surface area contributed by atoms with Crippen molar-refractivity contribution in [2.45, 2.75) is 25.1 Å². The number of anilines is 2. The SMILES string of the molecule is COc1nc(-c2cccc(-c3cccc(Nc4nccc5cnn(C)c(=O)c45)c3Cl)c2Cl)cnc1CNC1CCOCC1O. The first-order valence-electron chi connectivity index (χ1n) is 13.9. The molecule has 1 aliphatic heterocycles. The number of aromatic nitrogens is 5. The molecule has 3 N–H and O–H groups in total. The van der Waals surface area contributed by atoms with E-state index in [4.69, 9.17) is 37.7 Å². The Kier molecular flexibility index (Phi) is 8.74. The van der Waals surface area contributed by atoms with Crippen LogP contribution in [0.1, 0.15) is 12.1 Å². The summed E-state index contributed by atoms with van der Waals surface area (Å²) in [6.07, 6.45) is 4.98. The molecule has 0 amide bonds. The Morgan fingerprint density at radius 3 is 2.64 bits per heavy atom. The Labute approximate surface area is 262 Å². The third-order valence-corrected chi connectivity index (χ3v) is 8.35. The number of aliphatic hydroxyl groups is 1. The first kappa shape index (κ1) is 29.9. The molecule has 226 valence electrons. The van der Waals surface area contributed by atoms with Crippen LogP contribution in [0, 0.1) is 0 Å². The van der Waals surface area contributed by atoms with Crippen molar-refractivity contribution < 1.29 is 14.6 Å². The van der Waals surface area contributed by atoms with Gasteiger partial charge in [-0.05, 0) is 18.6 Å². The zero-order chi connectivity index (χ0) is 30.8. The van der Waals surface area contributed by atoms with Crippen molar-refractivity contribution in [1.29, 1.82) is 0 Å². The van der Waals surface area contributed by atoms with E-state index < -0.39 is 6.10 Å². The van der Waals surface area contributed by atoms with Gasteiger partial charge in [0.05, 0.1) is 59.0 Å². The number of nitrogens with zero attached hydrogens (tertiary/aromatic N) is 5. The molecule has 0 aliphatic carbocycles. The van der Waals surface area contributed by atoms with Crippen molar-refractivity contribution >= 4 is 45.5 Å². The maximum Gasteiger partial charge on any atom is 0.278 e. The number of hydrogen-bond acceptors (Lipinski definition) is 10. The van der Waals surface area contributed by atoms with Gasteiger partial charge in [0.2, 0.25) is 5.88 Å². The number of nitrogens with one attached hydrogen (secondary N) is 2. The molecule has 1 aliphatic rings. The summed E-state index contributed by atoms with van der Waals surface area (Å²) in [5.41, 5.74) is 3.42. The normalized spacial score (nSPS) is 16.7. The summed E-state index contributed by atoms with van der Waals surface area (Å²) in [7, 11) is 3.12. The van der Waals surface area contributed by atoms with Gasteiger partial charge in [-0.2, -0.15) is 5.10 Å². The van der Waals surface area contributed by atoms with Crippen LogP contribution in [0.25, 0.3) is 33.2 Å². The zero-order valence-electron chi connectivity index (χ0n) is 23.9. The highest BCUT2D eigenvalue weighted by Crippen LogP contribution is 2.42. The van der Waals surface area contributed by atoms with Crippen LogP contribution in [0.4, 0.5) is 11.5 Å². The lowest BCUT2D eigenvalue weighted by molar-refractivity contribution is -0.0281. The fourth-order valence-corrected chi connectivity index (χ4v) is 5.77. The van der Waals surface area contributed by atoms with E-state index in [2.05, 4.69) is 25.7 Å². The molecule has 0 spiro atoms. The van der Waals surface area contributed by atoms with Gasteiger partial charge in [0, 0.05) is 54.5 Å². The van der Waals surface area contributed by atoms with E-state index in [1.807, 2.05) is 30.3 Å². The predicted molar refractivity (Wildman–Crippen MR) is 170 cm³/mol. The van der Waals surface area contributed by atoms with Crippen LogP contribution in [0.5, 0.6) is 5.88 Å². The maximum atomic E-state index is 12.9. The van der Waals surface area contributed by atoms with Crippen molar-refractivity contribution in [3.8, 4) is 28.3 Å². The van der Waals surface area contributed by atoms with Gasteiger partial charge >= 0.3 is 0 Å². The van der Waals surface area contributed by atoms with Gasteiger partial charge in [-0.15, -0.1) is 0 Å². The summed E-state index contributed by atoms with van der Waals surface area (Å²) in [6.45, 7) is 1.26. The molecule has 4 heterocycles. The molecule has 0 radical (unpaired) electrons. The van der Waals surface area contributed by atoms with Crippen LogP contribution < -0.4 is 20.9 Å². The summed E-state index contributed by atoms with van der Waals surface area (Å²) in [5, 5.41) is 22.7. The predicted octanol–water partition coefficient (Wildman–Crippen LogP) is 4.75. The Morgan fingerprint density at radius 1 is 1.07 bits per heavy atom. The van der Waals surface area contributed by atoms with E-state index in [0.29, 0.717) is 92.5 Å². The van der Waals surface area contributed by atoms with E-state index in [1.54, 1.807) is 37.8 Å². The van der Waals surface area contributed by atoms with Gasteiger partial charge in [-0.3, -0.25) is 9.78 Å². The number of fused-ring (bicyclic) bond motifs is 1. The number of halogens is 2. The summed E-state index contributed by atoms with van der Waals surface area (Å²) in [5.74, 6) is 0.721. The second-order valence-corrected chi connectivity index (χ2v) is 11.0. The molecule has 0 saturated carbocycles. The van der Waals surface area contributed by atoms with Crippen molar-refractivity contribution in [1.82, 2.24) is 30.0 Å². The fraction of sp³-hybridized carbons (Fsp3) is 0.258. The molecule has 1 saturated heterocycles. The Balaban J connectivity index is 1.30. The number of pyridine rings is 1. The van der Waals surface area contributed by atoms with Crippen LogP contribution >= 0.6 is 23.2 Å². The molecule has 11 nitrogen and oxygen atoms in total. The molecule has 1 fully saturated rings. The Morgan fingerprint density at radius 2 is 1.84 bits per heavy atom. The van der Waals surface area contributed by atoms with E-state index in [1.165, 1.54) is 11.8 Å². The van der Waals surface area contributed by atoms with Crippen molar-refractivity contribution in [2.75, 3.05) is 25.6 Å². The first-order chi connectivity index (χ1) is 21.4. The number of ether oxygens (including phenoxy) is 2. The number of hydrogen-bond donors (Lipinski definition) is 3. The monoisotopic (exact) mass is 633 g/mol. The molecule has 3 aromatic heterocycles. The smallest absolute Gasteiger partial charge is 0.278 e. The zero-order valence-corrected chi connectivity index (χ0v) is 25.4. The van der Waals surface area contributed by atoms with Gasteiger partial charge in [0.25, 0.3) is 5.56 Å². The quantitative estimate of drug-likeness (QED) is 0.219. The van der Waals surface area contributed by atoms with E-state index in [0.717, 1.165) is 0 Å². The topological polar surface area (TPSA) is 136 Å². The number of aryl methyl sites for hydroxylation is 1. The van der Waals surface area contributed by atoms with Gasteiger partial charge in [-0.25, -0.2) is 14.6 Å². The molecule has 6 rings (SSSR count).